The van der Waals surface area contributed by atoms with Crippen LogP contribution in [0.4, 0.5) is 19.0 Å². The Hall–Kier alpha value is -1.79. The maximum absolute atomic E-state index is 12.5. The van der Waals surface area contributed by atoms with Gasteiger partial charge in [0.25, 0.3) is 0 Å². The standard InChI is InChI=1S/C12H15F3N2O2/c1-3-4-7(2)16-10-8(11(18)19)5-6-9(17-10)12(13,14)15/h5-7H,3-4H2,1-2H3,(H,16,17)(H,18,19). The smallest absolute Gasteiger partial charge is 0.433 e. The Balaban J connectivity index is 3.12. The zero-order valence-corrected chi connectivity index (χ0v) is 10.6. The molecule has 1 heterocycles. The molecule has 0 spiro atoms. The minimum atomic E-state index is -4.60. The van der Waals surface area contributed by atoms with Crippen molar-refractivity contribution in [1.82, 2.24) is 4.98 Å². The zero-order valence-electron chi connectivity index (χ0n) is 10.6. The van der Waals surface area contributed by atoms with Crippen LogP contribution in [0.3, 0.4) is 0 Å². The Morgan fingerprint density at radius 2 is 2.11 bits per heavy atom. The summed E-state index contributed by atoms with van der Waals surface area (Å²) in [5.74, 6) is -1.56. The summed E-state index contributed by atoms with van der Waals surface area (Å²) in [4.78, 5) is 14.3. The molecule has 0 bridgehead atoms. The number of carboxylic acid groups (broad SMARTS) is 1. The first-order chi connectivity index (χ1) is 8.75. The fraction of sp³-hybridized carbons (Fsp3) is 0.500. The van der Waals surface area contributed by atoms with Gasteiger partial charge in [-0.2, -0.15) is 13.2 Å². The van der Waals surface area contributed by atoms with Gasteiger partial charge in [0.05, 0.1) is 0 Å². The number of aromatic carboxylic acids is 1. The number of aromatic nitrogens is 1. The molecular weight excluding hydrogens is 261 g/mol. The van der Waals surface area contributed by atoms with Crippen molar-refractivity contribution >= 4 is 11.8 Å². The van der Waals surface area contributed by atoms with E-state index in [1.165, 1.54) is 0 Å². The summed E-state index contributed by atoms with van der Waals surface area (Å²) in [6.07, 6.45) is -3.06. The van der Waals surface area contributed by atoms with Crippen molar-refractivity contribution in [3.8, 4) is 0 Å². The lowest BCUT2D eigenvalue weighted by atomic mass is 10.1. The van der Waals surface area contributed by atoms with Crippen molar-refractivity contribution in [3.05, 3.63) is 23.4 Å². The number of anilines is 1. The van der Waals surface area contributed by atoms with E-state index in [0.29, 0.717) is 12.5 Å². The summed E-state index contributed by atoms with van der Waals surface area (Å²) in [6.45, 7) is 3.69. The molecule has 2 N–H and O–H groups in total. The summed E-state index contributed by atoms with van der Waals surface area (Å²) in [6, 6.07) is 1.43. The topological polar surface area (TPSA) is 62.2 Å². The molecule has 0 amide bonds. The summed E-state index contributed by atoms with van der Waals surface area (Å²) in [5.41, 5.74) is -1.38. The molecule has 1 atom stereocenters. The van der Waals surface area contributed by atoms with Gasteiger partial charge in [-0.05, 0) is 25.5 Å². The third-order valence-electron chi connectivity index (χ3n) is 2.52. The van der Waals surface area contributed by atoms with Crippen molar-refractivity contribution in [2.75, 3.05) is 5.32 Å². The van der Waals surface area contributed by atoms with Gasteiger partial charge in [0.1, 0.15) is 17.1 Å². The molecule has 0 aliphatic rings. The Morgan fingerprint density at radius 3 is 2.58 bits per heavy atom. The fourth-order valence-corrected chi connectivity index (χ4v) is 1.64. The van der Waals surface area contributed by atoms with Gasteiger partial charge in [0.15, 0.2) is 0 Å². The molecule has 106 valence electrons. The zero-order chi connectivity index (χ0) is 14.6. The van der Waals surface area contributed by atoms with Crippen LogP contribution in [-0.2, 0) is 6.18 Å². The maximum Gasteiger partial charge on any atom is 0.433 e. The molecule has 1 aromatic rings. The molecular formula is C12H15F3N2O2. The lowest BCUT2D eigenvalue weighted by Gasteiger charge is -2.16. The highest BCUT2D eigenvalue weighted by Gasteiger charge is 2.33. The van der Waals surface area contributed by atoms with Crippen LogP contribution in [-0.4, -0.2) is 22.1 Å². The van der Waals surface area contributed by atoms with Crippen LogP contribution < -0.4 is 5.32 Å². The van der Waals surface area contributed by atoms with Gasteiger partial charge in [-0.3, -0.25) is 0 Å². The molecule has 0 fully saturated rings. The van der Waals surface area contributed by atoms with E-state index in [1.807, 2.05) is 6.92 Å². The number of hydrogen-bond acceptors (Lipinski definition) is 3. The first kappa shape index (κ1) is 15.3. The Morgan fingerprint density at radius 1 is 1.47 bits per heavy atom. The molecule has 0 radical (unpaired) electrons. The van der Waals surface area contributed by atoms with Crippen molar-refractivity contribution in [2.45, 2.75) is 38.9 Å². The van der Waals surface area contributed by atoms with E-state index in [2.05, 4.69) is 10.3 Å². The number of halogens is 3. The third kappa shape index (κ3) is 4.11. The highest BCUT2D eigenvalue weighted by atomic mass is 19.4. The van der Waals surface area contributed by atoms with E-state index in [-0.39, 0.29) is 17.4 Å². The quantitative estimate of drug-likeness (QED) is 0.865. The largest absolute Gasteiger partial charge is 0.478 e. The molecule has 0 aromatic carbocycles. The van der Waals surface area contributed by atoms with E-state index < -0.39 is 17.8 Å². The van der Waals surface area contributed by atoms with Gasteiger partial charge < -0.3 is 10.4 Å². The number of carbonyl (C=O) groups is 1. The van der Waals surface area contributed by atoms with Crippen molar-refractivity contribution < 1.29 is 23.1 Å². The molecule has 0 saturated carbocycles. The number of pyridine rings is 1. The first-order valence-corrected chi connectivity index (χ1v) is 5.83. The summed E-state index contributed by atoms with van der Waals surface area (Å²) in [5, 5.41) is 11.7. The predicted molar refractivity (Wildman–Crippen MR) is 64.2 cm³/mol. The highest BCUT2D eigenvalue weighted by molar-refractivity contribution is 5.93. The SMILES string of the molecule is CCCC(C)Nc1nc(C(F)(F)F)ccc1C(=O)O. The number of nitrogens with one attached hydrogen (secondary N) is 1. The molecule has 0 saturated heterocycles. The van der Waals surface area contributed by atoms with Crippen LogP contribution in [0.1, 0.15) is 42.7 Å². The Labute approximate surface area is 108 Å². The molecule has 4 nitrogen and oxygen atoms in total. The molecule has 1 unspecified atom stereocenters. The second-order valence-corrected chi connectivity index (χ2v) is 4.23. The summed E-state index contributed by atoms with van der Waals surface area (Å²) in [7, 11) is 0. The number of alkyl halides is 3. The van der Waals surface area contributed by atoms with Crippen molar-refractivity contribution in [1.29, 1.82) is 0 Å². The van der Waals surface area contributed by atoms with Gasteiger partial charge in [-0.25, -0.2) is 9.78 Å². The first-order valence-electron chi connectivity index (χ1n) is 5.83. The van der Waals surface area contributed by atoms with Crippen LogP contribution in [0.25, 0.3) is 0 Å². The lowest BCUT2D eigenvalue weighted by molar-refractivity contribution is -0.141. The minimum absolute atomic E-state index is 0.154. The van der Waals surface area contributed by atoms with Gasteiger partial charge in [0, 0.05) is 6.04 Å². The molecule has 7 heteroatoms. The average molecular weight is 276 g/mol. The monoisotopic (exact) mass is 276 g/mol. The van der Waals surface area contributed by atoms with E-state index in [1.54, 1.807) is 6.92 Å². The Bertz CT molecular complexity index is 461. The van der Waals surface area contributed by atoms with E-state index in [4.69, 9.17) is 5.11 Å². The minimum Gasteiger partial charge on any atom is -0.478 e. The normalized spacial score (nSPS) is 13.1. The second kappa shape index (κ2) is 5.90. The fourth-order valence-electron chi connectivity index (χ4n) is 1.64. The number of rotatable bonds is 5. The van der Waals surface area contributed by atoms with Crippen molar-refractivity contribution in [3.63, 3.8) is 0 Å². The van der Waals surface area contributed by atoms with Crippen LogP contribution in [0.5, 0.6) is 0 Å². The van der Waals surface area contributed by atoms with Gasteiger partial charge in [0.2, 0.25) is 0 Å². The second-order valence-electron chi connectivity index (χ2n) is 4.23. The molecule has 1 rings (SSSR count). The molecule has 0 aliphatic carbocycles. The van der Waals surface area contributed by atoms with Crippen LogP contribution in [0.2, 0.25) is 0 Å². The van der Waals surface area contributed by atoms with E-state index in [9.17, 15) is 18.0 Å². The lowest BCUT2D eigenvalue weighted by Crippen LogP contribution is -2.20. The van der Waals surface area contributed by atoms with Crippen LogP contribution in [0.15, 0.2) is 12.1 Å². The summed E-state index contributed by atoms with van der Waals surface area (Å²) < 4.78 is 37.6. The molecule has 19 heavy (non-hydrogen) atoms. The van der Waals surface area contributed by atoms with Crippen LogP contribution >= 0.6 is 0 Å². The molecule has 0 aliphatic heterocycles. The number of nitrogens with zero attached hydrogens (tertiary/aromatic N) is 1. The number of hydrogen-bond donors (Lipinski definition) is 2. The number of carboxylic acids is 1. The third-order valence-corrected chi connectivity index (χ3v) is 2.52. The van der Waals surface area contributed by atoms with Gasteiger partial charge in [-0.15, -0.1) is 0 Å². The Kier molecular flexibility index (Phi) is 4.74. The predicted octanol–water partition coefficient (Wildman–Crippen LogP) is 3.40. The molecule has 1 aromatic heterocycles. The van der Waals surface area contributed by atoms with Crippen LogP contribution in [0, 0.1) is 0 Å². The van der Waals surface area contributed by atoms with Gasteiger partial charge >= 0.3 is 12.1 Å². The van der Waals surface area contributed by atoms with E-state index in [0.717, 1.165) is 12.5 Å². The van der Waals surface area contributed by atoms with E-state index >= 15 is 0 Å². The highest BCUT2D eigenvalue weighted by Crippen LogP contribution is 2.29. The maximum atomic E-state index is 12.5. The average Bonchev–Trinajstić information content (AvgIpc) is 2.27. The van der Waals surface area contributed by atoms with Gasteiger partial charge in [-0.1, -0.05) is 13.3 Å². The van der Waals surface area contributed by atoms with Crippen molar-refractivity contribution in [2.24, 2.45) is 0 Å². The summed E-state index contributed by atoms with van der Waals surface area (Å²) >= 11 is 0.